The molecule has 0 aliphatic heterocycles. The number of halogens is 4. The third-order valence-electron chi connectivity index (χ3n) is 1.97. The van der Waals surface area contributed by atoms with Crippen molar-refractivity contribution in [3.05, 3.63) is 26.8 Å². The summed E-state index contributed by atoms with van der Waals surface area (Å²) in [6.07, 6.45) is -5.78. The second-order valence-electron chi connectivity index (χ2n) is 3.05. The van der Waals surface area contributed by atoms with E-state index < -0.39 is 18.0 Å². The Morgan fingerprint density at radius 2 is 2.00 bits per heavy atom. The van der Waals surface area contributed by atoms with Gasteiger partial charge in [-0.05, 0) is 34.7 Å². The third-order valence-corrected chi connectivity index (χ3v) is 2.86. The first-order valence-electron chi connectivity index (χ1n) is 4.14. The van der Waals surface area contributed by atoms with Crippen molar-refractivity contribution in [2.75, 3.05) is 12.8 Å². The summed E-state index contributed by atoms with van der Waals surface area (Å²) in [7, 11) is 1.23. The highest BCUT2D eigenvalue weighted by Gasteiger charge is 2.34. The molecule has 7 heteroatoms. The van der Waals surface area contributed by atoms with E-state index in [0.717, 1.165) is 12.1 Å². The number of aliphatic hydroxyl groups is 1. The minimum absolute atomic E-state index is 0.0367. The summed E-state index contributed by atoms with van der Waals surface area (Å²) in [4.78, 5) is 0. The summed E-state index contributed by atoms with van der Waals surface area (Å²) in [6.45, 7) is 0. The van der Waals surface area contributed by atoms with Crippen molar-refractivity contribution >= 4 is 28.3 Å². The van der Waals surface area contributed by atoms with Gasteiger partial charge in [-0.1, -0.05) is 0 Å². The fourth-order valence-corrected chi connectivity index (χ4v) is 1.96. The number of anilines is 1. The number of ether oxygens (including phenoxy) is 1. The van der Waals surface area contributed by atoms with Gasteiger partial charge in [0.1, 0.15) is 0 Å². The van der Waals surface area contributed by atoms with Gasteiger partial charge in [-0.2, -0.15) is 13.2 Å². The molecule has 0 bridgehead atoms. The van der Waals surface area contributed by atoms with Crippen LogP contribution in [0.15, 0.2) is 12.1 Å². The van der Waals surface area contributed by atoms with Crippen molar-refractivity contribution in [2.45, 2.75) is 12.5 Å². The van der Waals surface area contributed by atoms with Crippen molar-refractivity contribution in [1.82, 2.24) is 0 Å². The number of nitrogen functional groups attached to an aromatic ring is 1. The van der Waals surface area contributed by atoms with Crippen LogP contribution in [-0.4, -0.2) is 12.2 Å². The molecule has 0 amide bonds. The van der Waals surface area contributed by atoms with Gasteiger partial charge in [-0.15, -0.1) is 0 Å². The molecule has 1 aromatic carbocycles. The van der Waals surface area contributed by atoms with Crippen LogP contribution in [0.1, 0.15) is 17.4 Å². The standard InChI is InChI=1S/C9H9F3INO2/c1-16-8(15)4-2-6(13)5(3-7(4)14)9(10,11)12/h2-3,8,15H,14H2,1H3. The van der Waals surface area contributed by atoms with Crippen molar-refractivity contribution in [1.29, 1.82) is 0 Å². The van der Waals surface area contributed by atoms with Crippen molar-refractivity contribution in [2.24, 2.45) is 0 Å². The molecule has 16 heavy (non-hydrogen) atoms. The van der Waals surface area contributed by atoms with Gasteiger partial charge in [0.25, 0.3) is 0 Å². The zero-order valence-corrected chi connectivity index (χ0v) is 10.3. The van der Waals surface area contributed by atoms with Gasteiger partial charge < -0.3 is 15.6 Å². The fraction of sp³-hybridized carbons (Fsp3) is 0.333. The number of rotatable bonds is 2. The first kappa shape index (κ1) is 13.5. The average molecular weight is 347 g/mol. The van der Waals surface area contributed by atoms with E-state index in [-0.39, 0.29) is 14.8 Å². The van der Waals surface area contributed by atoms with Crippen LogP contribution in [-0.2, 0) is 10.9 Å². The van der Waals surface area contributed by atoms with E-state index >= 15 is 0 Å². The van der Waals surface area contributed by atoms with E-state index in [1.165, 1.54) is 29.7 Å². The molecule has 90 valence electrons. The summed E-state index contributed by atoms with van der Waals surface area (Å²) in [5, 5.41) is 9.34. The van der Waals surface area contributed by atoms with E-state index in [2.05, 4.69) is 4.74 Å². The monoisotopic (exact) mass is 347 g/mol. The molecular weight excluding hydrogens is 338 g/mol. The lowest BCUT2D eigenvalue weighted by molar-refractivity contribution is -0.138. The van der Waals surface area contributed by atoms with Crippen LogP contribution >= 0.6 is 22.6 Å². The molecule has 0 aromatic heterocycles. The summed E-state index contributed by atoms with van der Waals surface area (Å²) in [6, 6.07) is 1.95. The van der Waals surface area contributed by atoms with E-state index in [0.29, 0.717) is 0 Å². The Morgan fingerprint density at radius 3 is 2.44 bits per heavy atom. The predicted octanol–water partition coefficient (Wildman–Crippen LogP) is 2.53. The second-order valence-corrected chi connectivity index (χ2v) is 4.21. The van der Waals surface area contributed by atoms with E-state index in [9.17, 15) is 18.3 Å². The molecule has 0 fully saturated rings. The van der Waals surface area contributed by atoms with E-state index in [4.69, 9.17) is 5.73 Å². The summed E-state index contributed by atoms with van der Waals surface area (Å²) in [5.41, 5.74) is 4.57. The van der Waals surface area contributed by atoms with E-state index in [1.807, 2.05) is 0 Å². The molecule has 0 saturated heterocycles. The molecule has 1 atom stereocenters. The summed E-state index contributed by atoms with van der Waals surface area (Å²) in [5.74, 6) is 0. The highest BCUT2D eigenvalue weighted by molar-refractivity contribution is 14.1. The summed E-state index contributed by atoms with van der Waals surface area (Å²) >= 11 is 1.54. The normalized spacial score (nSPS) is 13.9. The maximum absolute atomic E-state index is 12.5. The third kappa shape index (κ3) is 2.77. The molecule has 0 saturated carbocycles. The average Bonchev–Trinajstić information content (AvgIpc) is 2.18. The Balaban J connectivity index is 3.28. The molecule has 0 heterocycles. The molecule has 0 spiro atoms. The van der Waals surface area contributed by atoms with Crippen LogP contribution in [0.2, 0.25) is 0 Å². The Hall–Kier alpha value is -0.540. The Bertz CT molecular complexity index is 395. The van der Waals surface area contributed by atoms with Crippen molar-refractivity contribution in [3.63, 3.8) is 0 Å². The molecule has 1 rings (SSSR count). The van der Waals surface area contributed by atoms with Gasteiger partial charge in [-0.25, -0.2) is 0 Å². The highest BCUT2D eigenvalue weighted by atomic mass is 127. The van der Waals surface area contributed by atoms with Gasteiger partial charge >= 0.3 is 6.18 Å². The maximum Gasteiger partial charge on any atom is 0.417 e. The van der Waals surface area contributed by atoms with Crippen LogP contribution in [0.4, 0.5) is 18.9 Å². The first-order chi connectivity index (χ1) is 7.27. The molecule has 3 nitrogen and oxygen atoms in total. The minimum atomic E-state index is -4.46. The molecule has 1 unspecified atom stereocenters. The predicted molar refractivity (Wildman–Crippen MR) is 60.5 cm³/mol. The molecule has 1 aromatic rings. The highest BCUT2D eigenvalue weighted by Crippen LogP contribution is 2.36. The largest absolute Gasteiger partial charge is 0.417 e. The van der Waals surface area contributed by atoms with Gasteiger partial charge in [0.05, 0.1) is 5.56 Å². The molecule has 0 aliphatic rings. The van der Waals surface area contributed by atoms with Gasteiger partial charge in [-0.3, -0.25) is 0 Å². The number of methoxy groups -OCH3 is 1. The number of hydrogen-bond acceptors (Lipinski definition) is 3. The van der Waals surface area contributed by atoms with Gasteiger partial charge in [0.2, 0.25) is 0 Å². The zero-order valence-electron chi connectivity index (χ0n) is 8.18. The lowest BCUT2D eigenvalue weighted by Gasteiger charge is -2.16. The quantitative estimate of drug-likeness (QED) is 0.491. The number of aliphatic hydroxyl groups excluding tert-OH is 1. The smallest absolute Gasteiger partial charge is 0.398 e. The van der Waals surface area contributed by atoms with Gasteiger partial charge in [0.15, 0.2) is 6.29 Å². The maximum atomic E-state index is 12.5. The van der Waals surface area contributed by atoms with Gasteiger partial charge in [0, 0.05) is 21.9 Å². The minimum Gasteiger partial charge on any atom is -0.398 e. The number of alkyl halides is 3. The Labute approximate surface area is 104 Å². The first-order valence-corrected chi connectivity index (χ1v) is 5.22. The van der Waals surface area contributed by atoms with Crippen LogP contribution in [0.5, 0.6) is 0 Å². The Kier molecular flexibility index (Phi) is 4.02. The lowest BCUT2D eigenvalue weighted by atomic mass is 10.1. The van der Waals surface area contributed by atoms with Crippen LogP contribution in [0.25, 0.3) is 0 Å². The number of nitrogens with two attached hydrogens (primary N) is 1. The van der Waals surface area contributed by atoms with Crippen LogP contribution in [0.3, 0.4) is 0 Å². The number of hydrogen-bond donors (Lipinski definition) is 2. The SMILES string of the molecule is COC(O)c1cc(I)c(C(F)(F)F)cc1N. The second kappa shape index (κ2) is 4.76. The molecule has 3 N–H and O–H groups in total. The molecular formula is C9H9F3INO2. The molecule has 0 aliphatic carbocycles. The van der Waals surface area contributed by atoms with Crippen molar-refractivity contribution in [3.8, 4) is 0 Å². The fourth-order valence-electron chi connectivity index (χ4n) is 1.16. The zero-order chi connectivity index (χ0) is 12.5. The van der Waals surface area contributed by atoms with Crippen LogP contribution in [0, 0.1) is 3.57 Å². The Morgan fingerprint density at radius 1 is 1.44 bits per heavy atom. The van der Waals surface area contributed by atoms with E-state index in [1.54, 1.807) is 0 Å². The van der Waals surface area contributed by atoms with Crippen molar-refractivity contribution < 1.29 is 23.0 Å². The lowest BCUT2D eigenvalue weighted by Crippen LogP contribution is -2.11. The van der Waals surface area contributed by atoms with Crippen LogP contribution < -0.4 is 5.73 Å². The number of benzene rings is 1. The molecule has 0 radical (unpaired) electrons. The topological polar surface area (TPSA) is 55.5 Å². The summed E-state index contributed by atoms with van der Waals surface area (Å²) < 4.78 is 42.0.